The third-order valence-electron chi connectivity index (χ3n) is 3.16. The van der Waals surface area contributed by atoms with Crippen LogP contribution in [0.1, 0.15) is 11.1 Å². The number of rotatable bonds is 5. The largest absolute Gasteiger partial charge is 0.497 e. The van der Waals surface area contributed by atoms with Gasteiger partial charge in [-0.15, -0.1) is 0 Å². The number of methoxy groups -OCH3 is 2. The summed E-state index contributed by atoms with van der Waals surface area (Å²) >= 11 is 0. The lowest BCUT2D eigenvalue weighted by Crippen LogP contribution is -2.17. The number of benzene rings is 1. The van der Waals surface area contributed by atoms with E-state index in [2.05, 4.69) is 11.1 Å². The normalized spacial score (nSPS) is 9.81. The number of anilines is 1. The van der Waals surface area contributed by atoms with Crippen LogP contribution in [-0.4, -0.2) is 26.3 Å². The Morgan fingerprint density at radius 2 is 1.86 bits per heavy atom. The molecule has 2 rings (SSSR count). The molecule has 0 saturated carbocycles. The molecular formula is C16H17N3O2. The highest BCUT2D eigenvalue weighted by Crippen LogP contribution is 2.25. The van der Waals surface area contributed by atoms with Crippen molar-refractivity contribution in [2.45, 2.75) is 6.54 Å². The molecule has 21 heavy (non-hydrogen) atoms. The molecule has 1 heterocycles. The zero-order valence-electron chi connectivity index (χ0n) is 12.3. The van der Waals surface area contributed by atoms with Crippen molar-refractivity contribution < 1.29 is 9.47 Å². The molecule has 0 fully saturated rings. The van der Waals surface area contributed by atoms with Crippen molar-refractivity contribution in [1.29, 1.82) is 5.26 Å². The molecular weight excluding hydrogens is 266 g/mol. The maximum atomic E-state index is 9.15. The second-order valence-corrected chi connectivity index (χ2v) is 4.58. The van der Waals surface area contributed by atoms with E-state index in [1.54, 1.807) is 32.7 Å². The second-order valence-electron chi connectivity index (χ2n) is 4.58. The SMILES string of the molecule is COc1cc(CN(C)c2cnccc2C#N)cc(OC)c1. The first kappa shape index (κ1) is 14.7. The van der Waals surface area contributed by atoms with Gasteiger partial charge in [0.1, 0.15) is 17.6 Å². The van der Waals surface area contributed by atoms with Crippen LogP contribution in [0.3, 0.4) is 0 Å². The molecule has 2 aromatic rings. The van der Waals surface area contributed by atoms with E-state index in [9.17, 15) is 0 Å². The zero-order chi connectivity index (χ0) is 15.2. The molecule has 1 aromatic carbocycles. The van der Waals surface area contributed by atoms with Gasteiger partial charge in [0.2, 0.25) is 0 Å². The lowest BCUT2D eigenvalue weighted by atomic mass is 10.1. The average Bonchev–Trinajstić information content (AvgIpc) is 2.54. The van der Waals surface area contributed by atoms with Gasteiger partial charge in [-0.05, 0) is 23.8 Å². The van der Waals surface area contributed by atoms with Crippen molar-refractivity contribution in [3.8, 4) is 17.6 Å². The first-order valence-electron chi connectivity index (χ1n) is 6.45. The number of aromatic nitrogens is 1. The predicted octanol–water partition coefficient (Wildman–Crippen LogP) is 2.61. The maximum absolute atomic E-state index is 9.15. The fourth-order valence-electron chi connectivity index (χ4n) is 2.10. The van der Waals surface area contributed by atoms with Crippen LogP contribution in [-0.2, 0) is 6.54 Å². The molecule has 0 unspecified atom stereocenters. The summed E-state index contributed by atoms with van der Waals surface area (Å²) in [7, 11) is 5.16. The van der Waals surface area contributed by atoms with Crippen molar-refractivity contribution in [3.63, 3.8) is 0 Å². The van der Waals surface area contributed by atoms with Crippen LogP contribution in [0.2, 0.25) is 0 Å². The van der Waals surface area contributed by atoms with E-state index in [-0.39, 0.29) is 0 Å². The molecule has 0 amide bonds. The van der Waals surface area contributed by atoms with Gasteiger partial charge in [0, 0.05) is 25.9 Å². The van der Waals surface area contributed by atoms with Crippen molar-refractivity contribution in [3.05, 3.63) is 47.8 Å². The number of nitriles is 1. The fourth-order valence-corrected chi connectivity index (χ4v) is 2.10. The molecule has 0 bridgehead atoms. The lowest BCUT2D eigenvalue weighted by molar-refractivity contribution is 0.393. The van der Waals surface area contributed by atoms with E-state index in [0.717, 1.165) is 22.7 Å². The Bertz CT molecular complexity index is 643. The number of hydrogen-bond acceptors (Lipinski definition) is 5. The molecule has 0 aliphatic carbocycles. The van der Waals surface area contributed by atoms with Crippen LogP contribution in [0, 0.1) is 11.3 Å². The Morgan fingerprint density at radius 1 is 1.19 bits per heavy atom. The first-order valence-corrected chi connectivity index (χ1v) is 6.45. The summed E-state index contributed by atoms with van der Waals surface area (Å²) in [6.45, 7) is 0.619. The number of ether oxygens (including phenoxy) is 2. The minimum absolute atomic E-state index is 0.599. The highest BCUT2D eigenvalue weighted by molar-refractivity contribution is 5.57. The average molecular weight is 283 g/mol. The van der Waals surface area contributed by atoms with E-state index < -0.39 is 0 Å². The van der Waals surface area contributed by atoms with Crippen LogP contribution in [0.4, 0.5) is 5.69 Å². The first-order chi connectivity index (χ1) is 10.2. The van der Waals surface area contributed by atoms with E-state index >= 15 is 0 Å². The van der Waals surface area contributed by atoms with Crippen molar-refractivity contribution >= 4 is 5.69 Å². The monoisotopic (exact) mass is 283 g/mol. The van der Waals surface area contributed by atoms with Gasteiger partial charge in [-0.25, -0.2) is 0 Å². The Balaban J connectivity index is 2.27. The molecule has 0 aliphatic heterocycles. The van der Waals surface area contributed by atoms with Crippen LogP contribution >= 0.6 is 0 Å². The van der Waals surface area contributed by atoms with Gasteiger partial charge in [-0.2, -0.15) is 5.26 Å². The number of hydrogen-bond donors (Lipinski definition) is 0. The quantitative estimate of drug-likeness (QED) is 0.844. The van der Waals surface area contributed by atoms with Crippen molar-refractivity contribution in [1.82, 2.24) is 4.98 Å². The summed E-state index contributed by atoms with van der Waals surface area (Å²) in [6, 6.07) is 9.60. The van der Waals surface area contributed by atoms with Crippen LogP contribution in [0.15, 0.2) is 36.7 Å². The van der Waals surface area contributed by atoms with E-state index in [0.29, 0.717) is 12.1 Å². The van der Waals surface area contributed by atoms with E-state index in [4.69, 9.17) is 14.7 Å². The van der Waals surface area contributed by atoms with E-state index in [1.165, 1.54) is 0 Å². The fraction of sp³-hybridized carbons (Fsp3) is 0.250. The standard InChI is InChI=1S/C16H17N3O2/c1-19(16-10-18-5-4-13(16)9-17)11-12-6-14(20-2)8-15(7-12)21-3/h4-8,10H,11H2,1-3H3. The maximum Gasteiger partial charge on any atom is 0.122 e. The van der Waals surface area contributed by atoms with Gasteiger partial charge in [-0.1, -0.05) is 0 Å². The van der Waals surface area contributed by atoms with E-state index in [1.807, 2.05) is 30.1 Å². The van der Waals surface area contributed by atoms with Crippen molar-refractivity contribution in [2.75, 3.05) is 26.2 Å². The van der Waals surface area contributed by atoms with Gasteiger partial charge in [0.15, 0.2) is 0 Å². The topological polar surface area (TPSA) is 58.4 Å². The van der Waals surface area contributed by atoms with Crippen molar-refractivity contribution in [2.24, 2.45) is 0 Å². The minimum Gasteiger partial charge on any atom is -0.497 e. The zero-order valence-corrected chi connectivity index (χ0v) is 12.3. The predicted molar refractivity (Wildman–Crippen MR) is 80.6 cm³/mol. The Morgan fingerprint density at radius 3 is 2.43 bits per heavy atom. The smallest absolute Gasteiger partial charge is 0.122 e. The van der Waals surface area contributed by atoms with Crippen LogP contribution < -0.4 is 14.4 Å². The molecule has 0 spiro atoms. The Hall–Kier alpha value is -2.74. The third kappa shape index (κ3) is 3.42. The second kappa shape index (κ2) is 6.62. The lowest BCUT2D eigenvalue weighted by Gasteiger charge is -2.20. The Kier molecular flexibility index (Phi) is 4.62. The highest BCUT2D eigenvalue weighted by atomic mass is 16.5. The summed E-state index contributed by atoms with van der Waals surface area (Å²) in [4.78, 5) is 6.05. The molecule has 5 heteroatoms. The molecule has 0 atom stereocenters. The minimum atomic E-state index is 0.599. The van der Waals surface area contributed by atoms with Gasteiger partial charge in [-0.3, -0.25) is 4.98 Å². The summed E-state index contributed by atoms with van der Waals surface area (Å²) in [6.07, 6.45) is 3.31. The third-order valence-corrected chi connectivity index (χ3v) is 3.16. The van der Waals surface area contributed by atoms with Gasteiger partial charge in [0.25, 0.3) is 0 Å². The van der Waals surface area contributed by atoms with Gasteiger partial charge < -0.3 is 14.4 Å². The van der Waals surface area contributed by atoms with Crippen LogP contribution in [0.25, 0.3) is 0 Å². The molecule has 1 aromatic heterocycles. The summed E-state index contributed by atoms with van der Waals surface area (Å²) < 4.78 is 10.5. The summed E-state index contributed by atoms with van der Waals surface area (Å²) in [5.41, 5.74) is 2.42. The van der Waals surface area contributed by atoms with Crippen LogP contribution in [0.5, 0.6) is 11.5 Å². The van der Waals surface area contributed by atoms with Gasteiger partial charge in [0.05, 0.1) is 31.7 Å². The number of pyridine rings is 1. The molecule has 0 N–H and O–H groups in total. The molecule has 0 radical (unpaired) electrons. The molecule has 0 aliphatic rings. The molecule has 5 nitrogen and oxygen atoms in total. The molecule has 0 saturated heterocycles. The highest BCUT2D eigenvalue weighted by Gasteiger charge is 2.09. The summed E-state index contributed by atoms with van der Waals surface area (Å²) in [5.74, 6) is 1.48. The summed E-state index contributed by atoms with van der Waals surface area (Å²) in [5, 5.41) is 9.15. The van der Waals surface area contributed by atoms with Gasteiger partial charge >= 0.3 is 0 Å². The molecule has 108 valence electrons. The number of nitrogens with zero attached hydrogens (tertiary/aromatic N) is 3. The Labute approximate surface area is 124 Å².